The number of benzene rings is 1. The highest BCUT2D eigenvalue weighted by molar-refractivity contribution is 5.35. The molecule has 3 N–H and O–H groups in total. The molecule has 2 rings (SSSR count). The molecule has 1 heterocycles. The average Bonchev–Trinajstić information content (AvgIpc) is 2.47. The van der Waals surface area contributed by atoms with Crippen LogP contribution in [0.2, 0.25) is 0 Å². The molecule has 1 atom stereocenters. The highest BCUT2D eigenvalue weighted by atomic mass is 19.4. The van der Waals surface area contributed by atoms with Gasteiger partial charge in [0.1, 0.15) is 0 Å². The smallest absolute Gasteiger partial charge is 0.396 e. The number of pyridine rings is 1. The largest absolute Gasteiger partial charge is 0.418 e. The molecule has 3 nitrogen and oxygen atoms in total. The van der Waals surface area contributed by atoms with Crippen LogP contribution in [0.15, 0.2) is 42.6 Å². The molecule has 0 amide bonds. The SMILES string of the molecule is NC(c1ccc(CCO)cc1)c1ncccc1C(F)(F)F. The van der Waals surface area contributed by atoms with Gasteiger partial charge in [0.15, 0.2) is 0 Å². The van der Waals surface area contributed by atoms with E-state index in [1.807, 2.05) is 0 Å². The van der Waals surface area contributed by atoms with E-state index in [4.69, 9.17) is 10.8 Å². The summed E-state index contributed by atoms with van der Waals surface area (Å²) in [5, 5.41) is 8.84. The maximum Gasteiger partial charge on any atom is 0.418 e. The highest BCUT2D eigenvalue weighted by Gasteiger charge is 2.35. The van der Waals surface area contributed by atoms with Gasteiger partial charge in [0.2, 0.25) is 0 Å². The van der Waals surface area contributed by atoms with Crippen LogP contribution in [0.5, 0.6) is 0 Å². The van der Waals surface area contributed by atoms with Gasteiger partial charge in [-0.3, -0.25) is 4.98 Å². The molecule has 0 aliphatic rings. The fourth-order valence-corrected chi connectivity index (χ4v) is 2.08. The minimum atomic E-state index is -4.49. The summed E-state index contributed by atoms with van der Waals surface area (Å²) in [6.45, 7) is 0.0177. The first-order chi connectivity index (χ1) is 9.93. The number of aliphatic hydroxyl groups excluding tert-OH is 1. The zero-order chi connectivity index (χ0) is 15.5. The normalized spacial score (nSPS) is 13.2. The molecular weight excluding hydrogens is 281 g/mol. The van der Waals surface area contributed by atoms with Gasteiger partial charge in [0.05, 0.1) is 17.3 Å². The Kier molecular flexibility index (Phi) is 4.59. The summed E-state index contributed by atoms with van der Waals surface area (Å²) < 4.78 is 38.9. The molecule has 0 radical (unpaired) electrons. The van der Waals surface area contributed by atoms with Gasteiger partial charge in [0.25, 0.3) is 0 Å². The maximum absolute atomic E-state index is 13.0. The van der Waals surface area contributed by atoms with Crippen LogP contribution in [0.1, 0.15) is 28.4 Å². The third-order valence-electron chi connectivity index (χ3n) is 3.18. The average molecular weight is 296 g/mol. The number of halogens is 3. The van der Waals surface area contributed by atoms with Crippen LogP contribution < -0.4 is 5.73 Å². The van der Waals surface area contributed by atoms with E-state index >= 15 is 0 Å². The van der Waals surface area contributed by atoms with Gasteiger partial charge < -0.3 is 10.8 Å². The van der Waals surface area contributed by atoms with Gasteiger partial charge in [-0.2, -0.15) is 13.2 Å². The Hall–Kier alpha value is -1.92. The van der Waals surface area contributed by atoms with Crippen molar-refractivity contribution in [3.8, 4) is 0 Å². The van der Waals surface area contributed by atoms with E-state index in [-0.39, 0.29) is 12.3 Å². The van der Waals surface area contributed by atoms with Crippen molar-refractivity contribution >= 4 is 0 Å². The molecule has 0 spiro atoms. The molecule has 112 valence electrons. The van der Waals surface area contributed by atoms with Crippen LogP contribution in [0.4, 0.5) is 13.2 Å². The van der Waals surface area contributed by atoms with Crippen molar-refractivity contribution in [1.82, 2.24) is 4.98 Å². The Morgan fingerprint density at radius 1 is 1.14 bits per heavy atom. The molecule has 6 heteroatoms. The van der Waals surface area contributed by atoms with Crippen LogP contribution in [0.3, 0.4) is 0 Å². The van der Waals surface area contributed by atoms with Crippen molar-refractivity contribution in [2.45, 2.75) is 18.6 Å². The minimum Gasteiger partial charge on any atom is -0.396 e. The van der Waals surface area contributed by atoms with E-state index in [0.29, 0.717) is 12.0 Å². The number of alkyl halides is 3. The number of aliphatic hydroxyl groups is 1. The molecular formula is C15H15F3N2O. The predicted octanol–water partition coefficient (Wildman–Crippen LogP) is 2.68. The monoisotopic (exact) mass is 296 g/mol. The lowest BCUT2D eigenvalue weighted by Gasteiger charge is -2.17. The van der Waals surface area contributed by atoms with Gasteiger partial charge in [-0.05, 0) is 29.7 Å². The summed E-state index contributed by atoms with van der Waals surface area (Å²) >= 11 is 0. The second kappa shape index (κ2) is 6.24. The Morgan fingerprint density at radius 2 is 1.81 bits per heavy atom. The highest BCUT2D eigenvalue weighted by Crippen LogP contribution is 2.34. The predicted molar refractivity (Wildman–Crippen MR) is 72.5 cm³/mol. The third kappa shape index (κ3) is 3.59. The Labute approximate surface area is 120 Å². The van der Waals surface area contributed by atoms with E-state index in [0.717, 1.165) is 11.6 Å². The van der Waals surface area contributed by atoms with Crippen molar-refractivity contribution in [1.29, 1.82) is 0 Å². The van der Waals surface area contributed by atoms with Crippen molar-refractivity contribution in [2.24, 2.45) is 5.73 Å². The number of aromatic nitrogens is 1. The Bertz CT molecular complexity index is 597. The first-order valence-corrected chi connectivity index (χ1v) is 6.41. The van der Waals surface area contributed by atoms with Crippen LogP contribution >= 0.6 is 0 Å². The Balaban J connectivity index is 2.34. The van der Waals surface area contributed by atoms with Crippen LogP contribution in [0.25, 0.3) is 0 Å². The van der Waals surface area contributed by atoms with Crippen molar-refractivity contribution in [3.63, 3.8) is 0 Å². The first-order valence-electron chi connectivity index (χ1n) is 6.41. The second-order valence-corrected chi connectivity index (χ2v) is 4.63. The fourth-order valence-electron chi connectivity index (χ4n) is 2.08. The van der Waals surface area contributed by atoms with Gasteiger partial charge in [0, 0.05) is 12.8 Å². The summed E-state index contributed by atoms with van der Waals surface area (Å²) in [7, 11) is 0. The Morgan fingerprint density at radius 3 is 2.38 bits per heavy atom. The summed E-state index contributed by atoms with van der Waals surface area (Å²) in [5.74, 6) is 0. The molecule has 0 saturated heterocycles. The lowest BCUT2D eigenvalue weighted by molar-refractivity contribution is -0.138. The van der Waals surface area contributed by atoms with Crippen molar-refractivity contribution < 1.29 is 18.3 Å². The van der Waals surface area contributed by atoms with Crippen molar-refractivity contribution in [2.75, 3.05) is 6.61 Å². The summed E-state index contributed by atoms with van der Waals surface area (Å²) in [5.41, 5.74) is 6.35. The third-order valence-corrected chi connectivity index (χ3v) is 3.18. The fraction of sp³-hybridized carbons (Fsp3) is 0.267. The maximum atomic E-state index is 13.0. The van der Waals surface area contributed by atoms with Crippen LogP contribution in [0, 0.1) is 0 Å². The van der Waals surface area contributed by atoms with Crippen LogP contribution in [-0.4, -0.2) is 16.7 Å². The molecule has 2 aromatic rings. The van der Waals surface area contributed by atoms with E-state index in [1.165, 1.54) is 12.3 Å². The topological polar surface area (TPSA) is 59.1 Å². The second-order valence-electron chi connectivity index (χ2n) is 4.63. The molecule has 0 aliphatic carbocycles. The van der Waals surface area contributed by atoms with Gasteiger partial charge >= 0.3 is 6.18 Å². The van der Waals surface area contributed by atoms with Gasteiger partial charge in [-0.15, -0.1) is 0 Å². The lowest BCUT2D eigenvalue weighted by atomic mass is 9.98. The van der Waals surface area contributed by atoms with E-state index in [1.54, 1.807) is 24.3 Å². The minimum absolute atomic E-state index is 0.0177. The standard InChI is InChI=1S/C15H15F3N2O/c16-15(17,18)12-2-1-8-20-14(12)13(19)11-5-3-10(4-6-11)7-9-21/h1-6,8,13,21H,7,9,19H2. The molecule has 0 saturated carbocycles. The van der Waals surface area contributed by atoms with E-state index < -0.39 is 17.8 Å². The molecule has 0 bridgehead atoms. The zero-order valence-electron chi connectivity index (χ0n) is 11.1. The number of hydrogen-bond donors (Lipinski definition) is 2. The molecule has 0 aliphatic heterocycles. The van der Waals surface area contributed by atoms with E-state index in [9.17, 15) is 13.2 Å². The van der Waals surface area contributed by atoms with Gasteiger partial charge in [-0.1, -0.05) is 24.3 Å². The molecule has 1 aromatic carbocycles. The summed E-state index contributed by atoms with van der Waals surface area (Å²) in [6, 6.07) is 8.05. The number of hydrogen-bond acceptors (Lipinski definition) is 3. The molecule has 1 aromatic heterocycles. The first kappa shape index (κ1) is 15.5. The lowest BCUT2D eigenvalue weighted by Crippen LogP contribution is -2.20. The quantitative estimate of drug-likeness (QED) is 0.912. The summed E-state index contributed by atoms with van der Waals surface area (Å²) in [6.07, 6.45) is -2.70. The number of rotatable bonds is 4. The zero-order valence-corrected chi connectivity index (χ0v) is 11.1. The molecule has 0 fully saturated rings. The van der Waals surface area contributed by atoms with E-state index in [2.05, 4.69) is 4.98 Å². The number of nitrogens with zero attached hydrogens (tertiary/aromatic N) is 1. The van der Waals surface area contributed by atoms with Gasteiger partial charge in [-0.25, -0.2) is 0 Å². The van der Waals surface area contributed by atoms with Crippen LogP contribution in [-0.2, 0) is 12.6 Å². The summed E-state index contributed by atoms with van der Waals surface area (Å²) in [4.78, 5) is 3.80. The molecule has 21 heavy (non-hydrogen) atoms. The molecule has 1 unspecified atom stereocenters. The number of nitrogens with two attached hydrogens (primary N) is 1. The van der Waals surface area contributed by atoms with Crippen molar-refractivity contribution in [3.05, 3.63) is 65.0 Å².